The Labute approximate surface area is 184 Å². The van der Waals surface area contributed by atoms with E-state index in [-0.39, 0.29) is 17.7 Å². The van der Waals surface area contributed by atoms with Crippen molar-refractivity contribution in [2.45, 2.75) is 31.6 Å². The molecule has 0 fully saturated rings. The Hall–Kier alpha value is -2.70. The summed E-state index contributed by atoms with van der Waals surface area (Å²) in [5.41, 5.74) is 2.51. The van der Waals surface area contributed by atoms with Crippen LogP contribution in [0.25, 0.3) is 0 Å². The molecule has 0 saturated heterocycles. The van der Waals surface area contributed by atoms with Gasteiger partial charge in [0.05, 0.1) is 11.6 Å². The first kappa shape index (κ1) is 20.6. The highest BCUT2D eigenvalue weighted by Gasteiger charge is 2.30. The fourth-order valence-corrected chi connectivity index (χ4v) is 4.78. The Morgan fingerprint density at radius 2 is 1.87 bits per heavy atom. The van der Waals surface area contributed by atoms with Gasteiger partial charge in [-0.15, -0.1) is 11.3 Å². The second kappa shape index (κ2) is 9.41. The topological polar surface area (TPSA) is 71.1 Å². The van der Waals surface area contributed by atoms with E-state index in [2.05, 4.69) is 27.8 Å². The molecule has 1 unspecified atom stereocenters. The Balaban J connectivity index is 1.40. The highest BCUT2D eigenvalue weighted by atomic mass is 35.5. The van der Waals surface area contributed by atoms with Gasteiger partial charge in [-0.1, -0.05) is 41.9 Å². The van der Waals surface area contributed by atoms with Gasteiger partial charge >= 0.3 is 0 Å². The molecule has 0 bridgehead atoms. The third-order valence-electron chi connectivity index (χ3n) is 5.15. The predicted molar refractivity (Wildman–Crippen MR) is 120 cm³/mol. The molecule has 0 spiro atoms. The molecular formula is C23H22ClN3O2S. The van der Waals surface area contributed by atoms with Gasteiger partial charge in [0.25, 0.3) is 5.91 Å². The summed E-state index contributed by atoms with van der Waals surface area (Å²) in [6.45, 7) is 0.596. The molecule has 0 aliphatic heterocycles. The number of hydrogen-bond donors (Lipinski definition) is 2. The minimum Gasteiger partial charge on any atom is -0.355 e. The van der Waals surface area contributed by atoms with Crippen LogP contribution in [-0.2, 0) is 17.6 Å². The van der Waals surface area contributed by atoms with Crippen molar-refractivity contribution in [2.75, 3.05) is 11.9 Å². The maximum absolute atomic E-state index is 12.8. The molecule has 4 rings (SSSR count). The summed E-state index contributed by atoms with van der Waals surface area (Å²) < 4.78 is 0. The van der Waals surface area contributed by atoms with Gasteiger partial charge in [0.1, 0.15) is 0 Å². The van der Waals surface area contributed by atoms with Crippen LogP contribution in [0.4, 0.5) is 5.13 Å². The van der Waals surface area contributed by atoms with Crippen LogP contribution in [0, 0.1) is 0 Å². The van der Waals surface area contributed by atoms with Crippen molar-refractivity contribution in [3.8, 4) is 0 Å². The number of aromatic nitrogens is 1. The molecule has 3 aromatic rings. The van der Waals surface area contributed by atoms with Crippen molar-refractivity contribution >= 4 is 39.9 Å². The number of nitrogens with zero attached hydrogens (tertiary/aromatic N) is 1. The van der Waals surface area contributed by atoms with Crippen molar-refractivity contribution < 1.29 is 9.59 Å². The van der Waals surface area contributed by atoms with Gasteiger partial charge in [-0.05, 0) is 55.5 Å². The van der Waals surface area contributed by atoms with Crippen LogP contribution in [0.3, 0.4) is 0 Å². The van der Waals surface area contributed by atoms with E-state index in [4.69, 9.17) is 11.6 Å². The van der Waals surface area contributed by atoms with Gasteiger partial charge in [-0.25, -0.2) is 4.98 Å². The molecule has 7 heteroatoms. The van der Waals surface area contributed by atoms with Gasteiger partial charge in [0, 0.05) is 22.0 Å². The monoisotopic (exact) mass is 439 g/mol. The summed E-state index contributed by atoms with van der Waals surface area (Å²) in [7, 11) is 0. The average molecular weight is 440 g/mol. The quantitative estimate of drug-likeness (QED) is 0.578. The van der Waals surface area contributed by atoms with Crippen LogP contribution < -0.4 is 10.6 Å². The van der Waals surface area contributed by atoms with Crippen molar-refractivity contribution in [1.29, 1.82) is 0 Å². The maximum Gasteiger partial charge on any atom is 0.257 e. The molecule has 30 heavy (non-hydrogen) atoms. The van der Waals surface area contributed by atoms with Crippen LogP contribution in [0.1, 0.15) is 45.3 Å². The van der Waals surface area contributed by atoms with Crippen molar-refractivity contribution in [3.05, 3.63) is 81.3 Å². The largest absolute Gasteiger partial charge is 0.355 e. The Bertz CT molecular complexity index is 1030. The Morgan fingerprint density at radius 1 is 1.10 bits per heavy atom. The minimum atomic E-state index is -0.262. The molecule has 0 saturated carbocycles. The summed E-state index contributed by atoms with van der Waals surface area (Å²) in [5, 5.41) is 7.01. The van der Waals surface area contributed by atoms with E-state index < -0.39 is 0 Å². The SMILES string of the molecule is O=C(Nc1nc2c(s1)CCCC2C(=O)NCCc1ccccc1)c1ccc(Cl)cc1. The molecular weight excluding hydrogens is 418 g/mol. The minimum absolute atomic E-state index is 0.00718. The number of fused-ring (bicyclic) bond motifs is 1. The van der Waals surface area contributed by atoms with Gasteiger partial charge < -0.3 is 5.32 Å². The van der Waals surface area contributed by atoms with Crippen molar-refractivity contribution in [3.63, 3.8) is 0 Å². The Morgan fingerprint density at radius 3 is 2.63 bits per heavy atom. The van der Waals surface area contributed by atoms with Crippen molar-refractivity contribution in [1.82, 2.24) is 10.3 Å². The van der Waals surface area contributed by atoms with Gasteiger partial charge in [0.2, 0.25) is 5.91 Å². The van der Waals surface area contributed by atoms with E-state index in [1.807, 2.05) is 18.2 Å². The highest BCUT2D eigenvalue weighted by molar-refractivity contribution is 7.16. The smallest absolute Gasteiger partial charge is 0.257 e. The van der Waals surface area contributed by atoms with E-state index in [0.29, 0.717) is 22.3 Å². The van der Waals surface area contributed by atoms with Crippen LogP contribution in [-0.4, -0.2) is 23.3 Å². The number of benzene rings is 2. The van der Waals surface area contributed by atoms with Crippen LogP contribution in [0.2, 0.25) is 5.02 Å². The number of amides is 2. The van der Waals surface area contributed by atoms with Crippen molar-refractivity contribution in [2.24, 2.45) is 0 Å². The average Bonchev–Trinajstić information content (AvgIpc) is 3.17. The molecule has 5 nitrogen and oxygen atoms in total. The zero-order valence-electron chi connectivity index (χ0n) is 16.4. The van der Waals surface area contributed by atoms with E-state index in [0.717, 1.165) is 36.3 Å². The normalized spacial score (nSPS) is 15.3. The molecule has 1 aromatic heterocycles. The number of anilines is 1. The molecule has 1 atom stereocenters. The fourth-order valence-electron chi connectivity index (χ4n) is 3.60. The summed E-state index contributed by atoms with van der Waals surface area (Å²) in [6, 6.07) is 16.8. The number of nitrogens with one attached hydrogen (secondary N) is 2. The van der Waals surface area contributed by atoms with Crippen LogP contribution >= 0.6 is 22.9 Å². The molecule has 2 aromatic carbocycles. The summed E-state index contributed by atoms with van der Waals surface area (Å²) >= 11 is 7.34. The number of thiazole rings is 1. The van der Waals surface area contributed by atoms with Crippen LogP contribution in [0.15, 0.2) is 54.6 Å². The lowest BCUT2D eigenvalue weighted by atomic mass is 9.90. The summed E-state index contributed by atoms with van der Waals surface area (Å²) in [5.74, 6) is -0.489. The standard InChI is InChI=1S/C23H22ClN3O2S/c24-17-11-9-16(10-12-17)21(28)27-23-26-20-18(7-4-8-19(20)30-23)22(29)25-14-13-15-5-2-1-3-6-15/h1-3,5-6,9-12,18H,4,7-8,13-14H2,(H,25,29)(H,26,27,28). The van der Waals surface area contributed by atoms with Gasteiger partial charge in [-0.3, -0.25) is 14.9 Å². The molecule has 1 aliphatic carbocycles. The van der Waals surface area contributed by atoms with Gasteiger partial charge in [0.15, 0.2) is 5.13 Å². The number of aryl methyl sites for hydroxylation is 1. The number of hydrogen-bond acceptors (Lipinski definition) is 4. The molecule has 1 heterocycles. The third kappa shape index (κ3) is 4.89. The first-order chi connectivity index (χ1) is 14.6. The molecule has 154 valence electrons. The van der Waals surface area contributed by atoms with E-state index in [9.17, 15) is 9.59 Å². The Kier molecular flexibility index (Phi) is 6.45. The molecule has 2 N–H and O–H groups in total. The summed E-state index contributed by atoms with van der Waals surface area (Å²) in [6.07, 6.45) is 3.40. The maximum atomic E-state index is 12.8. The van der Waals surface area contributed by atoms with Crippen LogP contribution in [0.5, 0.6) is 0 Å². The number of carbonyl (C=O) groups is 2. The lowest BCUT2D eigenvalue weighted by molar-refractivity contribution is -0.122. The molecule has 2 amide bonds. The van der Waals surface area contributed by atoms with E-state index in [1.54, 1.807) is 24.3 Å². The molecule has 1 aliphatic rings. The van der Waals surface area contributed by atoms with E-state index >= 15 is 0 Å². The molecule has 0 radical (unpaired) electrons. The first-order valence-electron chi connectivity index (χ1n) is 9.98. The highest BCUT2D eigenvalue weighted by Crippen LogP contribution is 2.37. The zero-order chi connectivity index (χ0) is 20.9. The number of halogens is 1. The second-order valence-corrected chi connectivity index (χ2v) is 8.78. The number of rotatable bonds is 6. The predicted octanol–water partition coefficient (Wildman–Crippen LogP) is 4.83. The number of carbonyl (C=O) groups excluding carboxylic acids is 2. The first-order valence-corrected chi connectivity index (χ1v) is 11.2. The third-order valence-corrected chi connectivity index (χ3v) is 6.45. The van der Waals surface area contributed by atoms with Gasteiger partial charge in [-0.2, -0.15) is 0 Å². The summed E-state index contributed by atoms with van der Waals surface area (Å²) in [4.78, 5) is 30.9. The second-order valence-electron chi connectivity index (χ2n) is 7.26. The lowest BCUT2D eigenvalue weighted by Gasteiger charge is -2.20. The lowest BCUT2D eigenvalue weighted by Crippen LogP contribution is -2.32. The fraction of sp³-hybridized carbons (Fsp3) is 0.261. The zero-order valence-corrected chi connectivity index (χ0v) is 17.9. The van der Waals surface area contributed by atoms with E-state index in [1.165, 1.54) is 16.9 Å².